The van der Waals surface area contributed by atoms with Gasteiger partial charge in [-0.2, -0.15) is 11.8 Å². The maximum absolute atomic E-state index is 12.2. The van der Waals surface area contributed by atoms with E-state index < -0.39 is 0 Å². The molecule has 1 heterocycles. The zero-order valence-electron chi connectivity index (χ0n) is 10.7. The summed E-state index contributed by atoms with van der Waals surface area (Å²) >= 11 is 1.96. The average Bonchev–Trinajstić information content (AvgIpc) is 2.41. The second kappa shape index (κ2) is 5.92. The summed E-state index contributed by atoms with van der Waals surface area (Å²) in [4.78, 5) is 14.2. The van der Waals surface area contributed by atoms with Crippen molar-refractivity contribution < 1.29 is 4.79 Å². The second-order valence-corrected chi connectivity index (χ2v) is 6.83. The van der Waals surface area contributed by atoms with Crippen LogP contribution >= 0.6 is 11.8 Å². The van der Waals surface area contributed by atoms with Gasteiger partial charge < -0.3 is 10.6 Å². The Morgan fingerprint density at radius 3 is 2.75 bits per heavy atom. The van der Waals surface area contributed by atoms with Crippen molar-refractivity contribution in [2.45, 2.75) is 38.4 Å². The molecular formula is C12H24N2OS. The lowest BCUT2D eigenvalue weighted by Crippen LogP contribution is -2.40. The minimum Gasteiger partial charge on any atom is -0.342 e. The minimum atomic E-state index is 0.0196. The van der Waals surface area contributed by atoms with E-state index in [1.807, 2.05) is 23.6 Å². The number of carbonyl (C=O) groups excluding carboxylic acids is 1. The van der Waals surface area contributed by atoms with E-state index in [1.54, 1.807) is 0 Å². The third-order valence-electron chi connectivity index (χ3n) is 3.28. The lowest BCUT2D eigenvalue weighted by Gasteiger charge is -2.25. The van der Waals surface area contributed by atoms with E-state index in [0.29, 0.717) is 11.3 Å². The average molecular weight is 244 g/mol. The molecule has 1 aliphatic rings. The number of rotatable bonds is 3. The molecule has 4 heteroatoms. The molecule has 0 aromatic carbocycles. The Balaban J connectivity index is 2.57. The molecule has 1 amide bonds. The van der Waals surface area contributed by atoms with Crippen LogP contribution in [0.4, 0.5) is 0 Å². The quantitative estimate of drug-likeness (QED) is 0.822. The number of hydrogen-bond acceptors (Lipinski definition) is 3. The van der Waals surface area contributed by atoms with Crippen LogP contribution in [0, 0.1) is 5.92 Å². The Bertz CT molecular complexity index is 239. The summed E-state index contributed by atoms with van der Waals surface area (Å²) in [6, 6.07) is 0. The molecule has 1 atom stereocenters. The van der Waals surface area contributed by atoms with Gasteiger partial charge in [0.1, 0.15) is 0 Å². The molecule has 1 unspecified atom stereocenters. The smallest absolute Gasteiger partial charge is 0.226 e. The highest BCUT2D eigenvalue weighted by Crippen LogP contribution is 2.31. The molecule has 0 spiro atoms. The third-order valence-corrected chi connectivity index (χ3v) is 4.65. The van der Waals surface area contributed by atoms with E-state index in [9.17, 15) is 4.79 Å². The number of nitrogens with zero attached hydrogens (tertiary/aromatic N) is 1. The van der Waals surface area contributed by atoms with Gasteiger partial charge in [-0.15, -0.1) is 0 Å². The van der Waals surface area contributed by atoms with E-state index >= 15 is 0 Å². The van der Waals surface area contributed by atoms with E-state index in [2.05, 4.69) is 13.8 Å². The lowest BCUT2D eigenvalue weighted by atomic mass is 10.0. The summed E-state index contributed by atoms with van der Waals surface area (Å²) < 4.78 is 0.305. The largest absolute Gasteiger partial charge is 0.342 e. The van der Waals surface area contributed by atoms with Gasteiger partial charge in [0.05, 0.1) is 5.92 Å². The van der Waals surface area contributed by atoms with E-state index in [-0.39, 0.29) is 11.8 Å². The molecule has 0 bridgehead atoms. The summed E-state index contributed by atoms with van der Waals surface area (Å²) in [5.74, 6) is 1.31. The molecule has 3 nitrogen and oxygen atoms in total. The molecule has 0 saturated carbocycles. The van der Waals surface area contributed by atoms with Gasteiger partial charge >= 0.3 is 0 Å². The van der Waals surface area contributed by atoms with Crippen molar-refractivity contribution in [3.8, 4) is 0 Å². The monoisotopic (exact) mass is 244 g/mol. The highest BCUT2D eigenvalue weighted by Gasteiger charge is 2.28. The Morgan fingerprint density at radius 1 is 1.50 bits per heavy atom. The summed E-state index contributed by atoms with van der Waals surface area (Å²) in [6.45, 7) is 8.78. The summed E-state index contributed by atoms with van der Waals surface area (Å²) in [5, 5.41) is 0. The maximum atomic E-state index is 12.2. The van der Waals surface area contributed by atoms with Gasteiger partial charge in [0.25, 0.3) is 0 Å². The minimum absolute atomic E-state index is 0.0196. The van der Waals surface area contributed by atoms with Crippen molar-refractivity contribution in [2.75, 3.05) is 25.4 Å². The molecule has 1 aliphatic heterocycles. The molecule has 0 radical (unpaired) electrons. The van der Waals surface area contributed by atoms with Crippen molar-refractivity contribution in [3.05, 3.63) is 0 Å². The Kier molecular flexibility index (Phi) is 5.12. The van der Waals surface area contributed by atoms with Gasteiger partial charge in [-0.3, -0.25) is 4.79 Å². The lowest BCUT2D eigenvalue weighted by molar-refractivity contribution is -0.135. The summed E-state index contributed by atoms with van der Waals surface area (Å²) in [5.41, 5.74) is 5.63. The van der Waals surface area contributed by atoms with Crippen LogP contribution in [-0.2, 0) is 4.79 Å². The Hall–Kier alpha value is -0.220. The van der Waals surface area contributed by atoms with Crippen molar-refractivity contribution >= 4 is 17.7 Å². The summed E-state index contributed by atoms with van der Waals surface area (Å²) in [7, 11) is 0. The molecule has 0 aliphatic carbocycles. The van der Waals surface area contributed by atoms with E-state index in [0.717, 1.165) is 31.7 Å². The zero-order valence-corrected chi connectivity index (χ0v) is 11.5. The van der Waals surface area contributed by atoms with Crippen LogP contribution in [0.25, 0.3) is 0 Å². The van der Waals surface area contributed by atoms with Gasteiger partial charge in [0.2, 0.25) is 5.91 Å². The predicted molar refractivity (Wildman–Crippen MR) is 70.6 cm³/mol. The first kappa shape index (κ1) is 13.8. The number of carbonyl (C=O) groups is 1. The van der Waals surface area contributed by atoms with Crippen LogP contribution in [-0.4, -0.2) is 40.9 Å². The van der Waals surface area contributed by atoms with Gasteiger partial charge in [-0.25, -0.2) is 0 Å². The molecule has 2 N–H and O–H groups in total. The Labute approximate surface area is 103 Å². The van der Waals surface area contributed by atoms with Crippen LogP contribution in [0.3, 0.4) is 0 Å². The SMILES string of the molecule is CCC(CN)C(=O)N1CCSC(C)(C)CC1. The molecule has 1 fully saturated rings. The molecule has 1 saturated heterocycles. The van der Waals surface area contributed by atoms with Crippen molar-refractivity contribution in [2.24, 2.45) is 11.7 Å². The Morgan fingerprint density at radius 2 is 2.19 bits per heavy atom. The van der Waals surface area contributed by atoms with E-state index in [4.69, 9.17) is 5.73 Å². The zero-order chi connectivity index (χ0) is 12.2. The highest BCUT2D eigenvalue weighted by atomic mass is 32.2. The maximum Gasteiger partial charge on any atom is 0.226 e. The van der Waals surface area contributed by atoms with Gasteiger partial charge in [-0.05, 0) is 12.8 Å². The van der Waals surface area contributed by atoms with Crippen LogP contribution < -0.4 is 5.73 Å². The first-order chi connectivity index (χ1) is 7.50. The van der Waals surface area contributed by atoms with Gasteiger partial charge in [-0.1, -0.05) is 20.8 Å². The first-order valence-corrected chi connectivity index (χ1v) is 7.11. The highest BCUT2D eigenvalue weighted by molar-refractivity contribution is 8.00. The number of thioether (sulfide) groups is 1. The standard InChI is InChI=1S/C12H24N2OS/c1-4-10(9-13)11(15)14-6-5-12(2,3)16-8-7-14/h10H,4-9,13H2,1-3H3. The fourth-order valence-corrected chi connectivity index (χ4v) is 3.04. The number of hydrogen-bond donors (Lipinski definition) is 1. The fraction of sp³-hybridized carbons (Fsp3) is 0.917. The second-order valence-electron chi connectivity index (χ2n) is 5.02. The molecule has 16 heavy (non-hydrogen) atoms. The molecular weight excluding hydrogens is 220 g/mol. The number of nitrogens with two attached hydrogens (primary N) is 1. The fourth-order valence-electron chi connectivity index (χ4n) is 1.94. The van der Waals surface area contributed by atoms with Gasteiger partial charge in [0.15, 0.2) is 0 Å². The topological polar surface area (TPSA) is 46.3 Å². The van der Waals surface area contributed by atoms with Crippen molar-refractivity contribution in [3.63, 3.8) is 0 Å². The molecule has 0 aromatic heterocycles. The molecule has 1 rings (SSSR count). The van der Waals surface area contributed by atoms with Crippen LogP contribution in [0.1, 0.15) is 33.6 Å². The first-order valence-electron chi connectivity index (χ1n) is 6.13. The van der Waals surface area contributed by atoms with Crippen LogP contribution in [0.15, 0.2) is 0 Å². The summed E-state index contributed by atoms with van der Waals surface area (Å²) in [6.07, 6.45) is 1.92. The predicted octanol–water partition coefficient (Wildman–Crippen LogP) is 1.72. The van der Waals surface area contributed by atoms with Crippen molar-refractivity contribution in [1.82, 2.24) is 4.90 Å². The van der Waals surface area contributed by atoms with Crippen LogP contribution in [0.2, 0.25) is 0 Å². The third kappa shape index (κ3) is 3.67. The number of amides is 1. The normalized spacial score (nSPS) is 22.6. The van der Waals surface area contributed by atoms with Gasteiger partial charge in [0, 0.05) is 30.1 Å². The van der Waals surface area contributed by atoms with E-state index in [1.165, 1.54) is 0 Å². The molecule has 94 valence electrons. The van der Waals surface area contributed by atoms with Crippen LogP contribution in [0.5, 0.6) is 0 Å². The molecule has 0 aromatic rings. The van der Waals surface area contributed by atoms with Crippen molar-refractivity contribution in [1.29, 1.82) is 0 Å².